The molecule has 0 radical (unpaired) electrons. The van der Waals surface area contributed by atoms with Crippen molar-refractivity contribution in [1.29, 1.82) is 0 Å². The number of hydrogen-bond donors (Lipinski definition) is 0. The first kappa shape index (κ1) is 15.0. The molecule has 0 unspecified atom stereocenters. The van der Waals surface area contributed by atoms with Crippen molar-refractivity contribution in [2.45, 2.75) is 0 Å². The van der Waals surface area contributed by atoms with Gasteiger partial charge in [-0.3, -0.25) is 4.40 Å². The van der Waals surface area contributed by atoms with Crippen LogP contribution in [0.3, 0.4) is 0 Å². The van der Waals surface area contributed by atoms with E-state index in [9.17, 15) is 9.18 Å². The maximum Gasteiger partial charge on any atom is 0.338 e. The van der Waals surface area contributed by atoms with Crippen LogP contribution in [0.15, 0.2) is 41.0 Å². The molecule has 1 aromatic carbocycles. The van der Waals surface area contributed by atoms with Gasteiger partial charge in [0.15, 0.2) is 0 Å². The molecule has 3 aromatic rings. The number of carbonyl (C=O) groups excluding carboxylic acids is 1. The molecule has 0 aliphatic carbocycles. The number of carbonyl (C=O) groups is 1. The summed E-state index contributed by atoms with van der Waals surface area (Å²) in [6, 6.07) is 7.42. The van der Waals surface area contributed by atoms with Crippen molar-refractivity contribution in [3.05, 3.63) is 57.5 Å². The summed E-state index contributed by atoms with van der Waals surface area (Å²) >= 11 is 9.68. The van der Waals surface area contributed by atoms with Crippen molar-refractivity contribution in [3.8, 4) is 11.3 Å². The van der Waals surface area contributed by atoms with E-state index in [-0.39, 0.29) is 5.82 Å². The van der Waals surface area contributed by atoms with Gasteiger partial charge in [0.2, 0.25) is 0 Å². The van der Waals surface area contributed by atoms with Crippen molar-refractivity contribution in [2.24, 2.45) is 0 Å². The average Bonchev–Trinajstić information content (AvgIpc) is 2.85. The number of rotatable bonds is 2. The minimum absolute atomic E-state index is 0.331. The third-order valence-corrected chi connectivity index (χ3v) is 4.23. The first-order valence-electron chi connectivity index (χ1n) is 6.22. The largest absolute Gasteiger partial charge is 0.465 e. The summed E-state index contributed by atoms with van der Waals surface area (Å²) in [7, 11) is 1.31. The van der Waals surface area contributed by atoms with Crippen LogP contribution in [0.25, 0.3) is 16.9 Å². The summed E-state index contributed by atoms with van der Waals surface area (Å²) in [4.78, 5) is 16.0. The number of nitrogens with zero attached hydrogens (tertiary/aromatic N) is 2. The fraction of sp³-hybridized carbons (Fsp3) is 0.0667. The molecule has 0 amide bonds. The number of pyridine rings is 1. The molecule has 22 heavy (non-hydrogen) atoms. The number of hydrogen-bond acceptors (Lipinski definition) is 3. The zero-order valence-electron chi connectivity index (χ0n) is 11.3. The molecule has 0 aliphatic heterocycles. The Hall–Kier alpha value is -1.92. The van der Waals surface area contributed by atoms with Crippen molar-refractivity contribution in [3.63, 3.8) is 0 Å². The third-order valence-electron chi connectivity index (χ3n) is 3.17. The average molecular weight is 384 g/mol. The maximum atomic E-state index is 13.5. The van der Waals surface area contributed by atoms with Crippen LogP contribution in [-0.4, -0.2) is 22.5 Å². The van der Waals surface area contributed by atoms with Gasteiger partial charge in [-0.1, -0.05) is 27.5 Å². The number of imidazole rings is 1. The molecule has 2 heterocycles. The summed E-state index contributed by atoms with van der Waals surface area (Å²) < 4.78 is 20.4. The number of esters is 1. The summed E-state index contributed by atoms with van der Waals surface area (Å²) in [6.45, 7) is 0. The van der Waals surface area contributed by atoms with Gasteiger partial charge < -0.3 is 4.74 Å². The summed E-state index contributed by atoms with van der Waals surface area (Å²) in [6.07, 6.45) is 1.62. The van der Waals surface area contributed by atoms with E-state index in [0.717, 1.165) is 0 Å². The smallest absolute Gasteiger partial charge is 0.338 e. The van der Waals surface area contributed by atoms with Gasteiger partial charge in [0.1, 0.15) is 22.3 Å². The Bertz CT molecular complexity index is 895. The van der Waals surface area contributed by atoms with Crippen LogP contribution < -0.4 is 0 Å². The molecule has 0 aliphatic rings. The molecule has 0 bridgehead atoms. The highest BCUT2D eigenvalue weighted by molar-refractivity contribution is 9.10. The fourth-order valence-electron chi connectivity index (χ4n) is 2.11. The summed E-state index contributed by atoms with van der Waals surface area (Å²) in [5.74, 6) is -0.850. The second-order valence-corrected chi connectivity index (χ2v) is 5.72. The van der Waals surface area contributed by atoms with E-state index < -0.39 is 5.97 Å². The van der Waals surface area contributed by atoms with Gasteiger partial charge in [-0.05, 0) is 30.3 Å². The van der Waals surface area contributed by atoms with Gasteiger partial charge in [0.25, 0.3) is 0 Å². The van der Waals surface area contributed by atoms with Crippen LogP contribution in [0.1, 0.15) is 10.4 Å². The Balaban J connectivity index is 2.21. The highest BCUT2D eigenvalue weighted by atomic mass is 79.9. The number of halogens is 3. The van der Waals surface area contributed by atoms with E-state index in [2.05, 4.69) is 25.7 Å². The molecule has 3 rings (SSSR count). The van der Waals surface area contributed by atoms with Gasteiger partial charge in [-0.25, -0.2) is 14.2 Å². The van der Waals surface area contributed by atoms with Crippen molar-refractivity contribution in [2.75, 3.05) is 7.11 Å². The van der Waals surface area contributed by atoms with Gasteiger partial charge in [0.05, 0.1) is 12.7 Å². The van der Waals surface area contributed by atoms with Crippen LogP contribution >= 0.6 is 27.5 Å². The lowest BCUT2D eigenvalue weighted by Gasteiger charge is -2.02. The maximum absolute atomic E-state index is 13.5. The Morgan fingerprint density at radius 1 is 1.36 bits per heavy atom. The van der Waals surface area contributed by atoms with Gasteiger partial charge in [-0.2, -0.15) is 0 Å². The Labute approximate surface area is 138 Å². The Kier molecular flexibility index (Phi) is 3.88. The van der Waals surface area contributed by atoms with Crippen LogP contribution in [0.2, 0.25) is 5.15 Å². The number of aromatic nitrogens is 2. The van der Waals surface area contributed by atoms with E-state index in [0.29, 0.717) is 32.1 Å². The molecule has 0 fully saturated rings. The van der Waals surface area contributed by atoms with Crippen molar-refractivity contribution < 1.29 is 13.9 Å². The highest BCUT2D eigenvalue weighted by Gasteiger charge is 2.17. The van der Waals surface area contributed by atoms with Crippen LogP contribution in [-0.2, 0) is 4.74 Å². The fourth-order valence-corrected chi connectivity index (χ4v) is 2.83. The van der Waals surface area contributed by atoms with Crippen LogP contribution in [0.4, 0.5) is 4.39 Å². The zero-order chi connectivity index (χ0) is 15.9. The molecule has 112 valence electrons. The molecule has 0 N–H and O–H groups in total. The van der Waals surface area contributed by atoms with Gasteiger partial charge >= 0.3 is 5.97 Å². The molecule has 2 aromatic heterocycles. The lowest BCUT2D eigenvalue weighted by molar-refractivity contribution is 0.0600. The first-order valence-corrected chi connectivity index (χ1v) is 7.39. The predicted octanol–water partition coefficient (Wildman–Crippen LogP) is 4.34. The van der Waals surface area contributed by atoms with Crippen LogP contribution in [0.5, 0.6) is 0 Å². The topological polar surface area (TPSA) is 43.6 Å². The van der Waals surface area contributed by atoms with Gasteiger partial charge in [-0.15, -0.1) is 0 Å². The second kappa shape index (κ2) is 5.70. The van der Waals surface area contributed by atoms with Gasteiger partial charge in [0, 0.05) is 16.2 Å². The van der Waals surface area contributed by atoms with E-state index >= 15 is 0 Å². The number of benzene rings is 1. The van der Waals surface area contributed by atoms with Crippen molar-refractivity contribution >= 4 is 39.1 Å². The number of methoxy groups -OCH3 is 1. The summed E-state index contributed by atoms with van der Waals surface area (Å²) in [5.41, 5.74) is 1.80. The Morgan fingerprint density at radius 2 is 2.14 bits per heavy atom. The zero-order valence-corrected chi connectivity index (χ0v) is 13.7. The highest BCUT2D eigenvalue weighted by Crippen LogP contribution is 2.34. The number of ether oxygens (including phenoxy) is 1. The van der Waals surface area contributed by atoms with E-state index in [1.807, 2.05) is 0 Å². The molecule has 4 nitrogen and oxygen atoms in total. The molecule has 0 atom stereocenters. The van der Waals surface area contributed by atoms with E-state index in [1.165, 1.54) is 19.2 Å². The normalized spacial score (nSPS) is 10.9. The molecule has 0 spiro atoms. The monoisotopic (exact) mass is 382 g/mol. The molecular weight excluding hydrogens is 375 g/mol. The SMILES string of the molecule is COC(=O)c1ccn2c(Cl)c(-c3cc(F)ccc3Br)nc2c1. The third kappa shape index (κ3) is 2.48. The molecule has 7 heteroatoms. The Morgan fingerprint density at radius 3 is 2.86 bits per heavy atom. The quantitative estimate of drug-likeness (QED) is 0.618. The standard InChI is InChI=1S/C15H9BrClFN2O2/c1-22-15(21)8-4-5-20-12(6-8)19-13(14(20)17)10-7-9(18)2-3-11(10)16/h2-7H,1H3. The predicted molar refractivity (Wildman–Crippen MR) is 84.6 cm³/mol. The minimum atomic E-state index is -0.463. The molecular formula is C15H9BrClFN2O2. The molecule has 0 saturated heterocycles. The van der Waals surface area contributed by atoms with Crippen LogP contribution in [0, 0.1) is 5.82 Å². The number of fused-ring (bicyclic) bond motifs is 1. The lowest BCUT2D eigenvalue weighted by atomic mass is 10.2. The van der Waals surface area contributed by atoms with Crippen molar-refractivity contribution in [1.82, 2.24) is 9.38 Å². The first-order chi connectivity index (χ1) is 10.5. The minimum Gasteiger partial charge on any atom is -0.465 e. The summed E-state index contributed by atoms with van der Waals surface area (Å²) in [5, 5.41) is 0.331. The lowest BCUT2D eigenvalue weighted by Crippen LogP contribution is -2.01. The van der Waals surface area contributed by atoms with E-state index in [4.69, 9.17) is 11.6 Å². The second-order valence-electron chi connectivity index (χ2n) is 4.51. The van der Waals surface area contributed by atoms with E-state index in [1.54, 1.807) is 28.8 Å². The molecule has 0 saturated carbocycles.